The third-order valence-corrected chi connectivity index (χ3v) is 2.15. The van der Waals surface area contributed by atoms with E-state index >= 15 is 0 Å². The highest BCUT2D eigenvalue weighted by Crippen LogP contribution is 2.18. The minimum absolute atomic E-state index is 0. The maximum atomic E-state index is 10.7. The minimum Gasteiger partial charge on any atom is -0.370 e. The molecule has 0 saturated heterocycles. The normalized spacial score (nSPS) is 12.5. The molecule has 0 aliphatic carbocycles. The number of amides is 1. The molecule has 0 fully saturated rings. The molecule has 0 aromatic heterocycles. The number of nitrogens with two attached hydrogens (primary N) is 1. The highest BCUT2D eigenvalue weighted by atomic mass is 16.1. The van der Waals surface area contributed by atoms with Crippen LogP contribution in [0.1, 0.15) is 31.8 Å². The van der Waals surface area contributed by atoms with E-state index in [1.54, 1.807) is 0 Å². The highest BCUT2D eigenvalue weighted by molar-refractivity contribution is 5.74. The Morgan fingerprint density at radius 2 is 2.00 bits per heavy atom. The lowest BCUT2D eigenvalue weighted by molar-refractivity contribution is -0.118. The molecule has 13 heavy (non-hydrogen) atoms. The zero-order chi connectivity index (χ0) is 9.84. The van der Waals surface area contributed by atoms with Crippen LogP contribution < -0.4 is 5.73 Å². The van der Waals surface area contributed by atoms with Gasteiger partial charge in [-0.2, -0.15) is 0 Å². The molecule has 0 aliphatic heterocycles. The van der Waals surface area contributed by atoms with Crippen LogP contribution in [0, 0.1) is 6.92 Å². The zero-order valence-electron chi connectivity index (χ0n) is 8.08. The van der Waals surface area contributed by atoms with Crippen LogP contribution in [-0.4, -0.2) is 5.91 Å². The Balaban J connectivity index is 0.00000169. The van der Waals surface area contributed by atoms with Crippen LogP contribution in [0.25, 0.3) is 0 Å². The van der Waals surface area contributed by atoms with Crippen molar-refractivity contribution >= 4 is 5.91 Å². The fourth-order valence-electron chi connectivity index (χ4n) is 1.31. The van der Waals surface area contributed by atoms with E-state index in [1.165, 1.54) is 11.1 Å². The number of rotatable bonds is 3. The molecule has 0 heterocycles. The van der Waals surface area contributed by atoms with Crippen molar-refractivity contribution in [2.24, 2.45) is 5.73 Å². The van der Waals surface area contributed by atoms with Crippen molar-refractivity contribution in [1.29, 1.82) is 0 Å². The zero-order valence-corrected chi connectivity index (χ0v) is 8.08. The summed E-state index contributed by atoms with van der Waals surface area (Å²) in [6, 6.07) is 8.19. The molecule has 1 aromatic rings. The fourth-order valence-corrected chi connectivity index (χ4v) is 1.31. The Labute approximate surface area is 80.2 Å². The third-order valence-electron chi connectivity index (χ3n) is 2.15. The molecular formula is C11H17NO. The van der Waals surface area contributed by atoms with Crippen molar-refractivity contribution < 1.29 is 6.22 Å². The summed E-state index contributed by atoms with van der Waals surface area (Å²) in [4.78, 5) is 10.7. The van der Waals surface area contributed by atoms with Gasteiger partial charge in [-0.05, 0) is 18.4 Å². The largest absolute Gasteiger partial charge is 0.370 e. The summed E-state index contributed by atoms with van der Waals surface area (Å²) in [6.45, 7) is 4.05. The molecule has 0 bridgehead atoms. The van der Waals surface area contributed by atoms with Crippen LogP contribution in [0.3, 0.4) is 0 Å². The van der Waals surface area contributed by atoms with Crippen molar-refractivity contribution in [2.75, 3.05) is 0 Å². The summed E-state index contributed by atoms with van der Waals surface area (Å²) in [7, 11) is 0. The second-order valence-corrected chi connectivity index (χ2v) is 3.48. The smallest absolute Gasteiger partial charge is 0.218 e. The van der Waals surface area contributed by atoms with Crippen molar-refractivity contribution in [1.82, 2.24) is 0 Å². The van der Waals surface area contributed by atoms with Gasteiger partial charge >= 0.3 is 0 Å². The molecule has 72 valence electrons. The van der Waals surface area contributed by atoms with Gasteiger partial charge in [-0.15, -0.1) is 0 Å². The van der Waals surface area contributed by atoms with Gasteiger partial charge in [0.25, 0.3) is 0 Å². The number of benzene rings is 1. The number of primary amides is 1. The average molecular weight is 179 g/mol. The summed E-state index contributed by atoms with van der Waals surface area (Å²) < 4.78 is 0. The topological polar surface area (TPSA) is 43.1 Å². The van der Waals surface area contributed by atoms with Crippen LogP contribution in [0.15, 0.2) is 24.3 Å². The molecule has 0 aliphatic rings. The van der Waals surface area contributed by atoms with Crippen LogP contribution >= 0.6 is 0 Å². The van der Waals surface area contributed by atoms with Crippen molar-refractivity contribution in [3.05, 3.63) is 35.4 Å². The van der Waals surface area contributed by atoms with E-state index in [0.29, 0.717) is 6.42 Å². The lowest BCUT2D eigenvalue weighted by Gasteiger charge is -2.09. The molecule has 1 aromatic carbocycles. The Bertz CT molecular complexity index is 295. The second-order valence-electron chi connectivity index (χ2n) is 3.48. The molecule has 1 atom stereocenters. The predicted molar refractivity (Wildman–Crippen MR) is 55.5 cm³/mol. The van der Waals surface area contributed by atoms with Crippen molar-refractivity contribution in [3.63, 3.8) is 0 Å². The quantitative estimate of drug-likeness (QED) is 0.759. The lowest BCUT2D eigenvalue weighted by Crippen LogP contribution is -2.13. The molecule has 0 radical (unpaired) electrons. The molecule has 0 saturated carbocycles. The Kier molecular flexibility index (Phi) is 3.07. The van der Waals surface area contributed by atoms with Gasteiger partial charge < -0.3 is 5.73 Å². The van der Waals surface area contributed by atoms with E-state index in [-0.39, 0.29) is 13.3 Å². The van der Waals surface area contributed by atoms with E-state index < -0.39 is 0 Å². The van der Waals surface area contributed by atoms with E-state index in [1.807, 2.05) is 38.1 Å². The number of carbonyl (C=O) groups is 1. The van der Waals surface area contributed by atoms with E-state index in [2.05, 4.69) is 0 Å². The molecule has 1 amide bonds. The summed E-state index contributed by atoms with van der Waals surface area (Å²) in [5.74, 6) is -0.0221. The first kappa shape index (κ1) is 9.78. The average Bonchev–Trinajstić information content (AvgIpc) is 2.04. The monoisotopic (exact) mass is 179 g/mol. The second kappa shape index (κ2) is 4.08. The van der Waals surface area contributed by atoms with Gasteiger partial charge in [0.05, 0.1) is 0 Å². The summed E-state index contributed by atoms with van der Waals surface area (Å²) in [5.41, 5.74) is 7.52. The van der Waals surface area contributed by atoms with Crippen molar-refractivity contribution in [2.45, 2.75) is 26.2 Å². The van der Waals surface area contributed by atoms with Crippen molar-refractivity contribution in [3.8, 4) is 0 Å². The van der Waals surface area contributed by atoms with Gasteiger partial charge in [-0.25, -0.2) is 0 Å². The first-order chi connectivity index (χ1) is 6.09. The first-order valence-electron chi connectivity index (χ1n) is 4.44. The molecule has 1 unspecified atom stereocenters. The van der Waals surface area contributed by atoms with Gasteiger partial charge in [-0.1, -0.05) is 36.8 Å². The van der Waals surface area contributed by atoms with Crippen LogP contribution in [0.5, 0.6) is 0 Å². The molecule has 2 heteroatoms. The van der Waals surface area contributed by atoms with Gasteiger partial charge in [0, 0.05) is 7.85 Å². The molecule has 0 spiro atoms. The maximum Gasteiger partial charge on any atom is 0.218 e. The maximum absolute atomic E-state index is 10.7. The van der Waals surface area contributed by atoms with E-state index in [9.17, 15) is 4.79 Å². The number of aryl methyl sites for hydroxylation is 1. The molecular weight excluding hydrogens is 162 g/mol. The Morgan fingerprint density at radius 3 is 2.46 bits per heavy atom. The number of hydrogen-bond donors (Lipinski definition) is 1. The minimum atomic E-state index is -0.243. The number of hydrogen-bond acceptors (Lipinski definition) is 1. The Morgan fingerprint density at radius 1 is 1.46 bits per heavy atom. The van der Waals surface area contributed by atoms with E-state index in [4.69, 9.17) is 5.73 Å². The lowest BCUT2D eigenvalue weighted by atomic mass is 9.97. The molecule has 2 nitrogen and oxygen atoms in total. The third kappa shape index (κ3) is 2.90. The standard InChI is InChI=1S/C11H15NO.H2/c1-8-3-5-10(6-4-8)9(2)7-11(12)13;/h3-6,9H,7H2,1-2H3,(H2,12,13);1H. The van der Waals surface area contributed by atoms with Crippen LogP contribution in [0.4, 0.5) is 0 Å². The summed E-state index contributed by atoms with van der Waals surface area (Å²) in [5, 5.41) is 0. The first-order valence-corrected chi connectivity index (χ1v) is 4.44. The van der Waals surface area contributed by atoms with Gasteiger partial charge in [-0.3, -0.25) is 4.79 Å². The van der Waals surface area contributed by atoms with Gasteiger partial charge in [0.1, 0.15) is 0 Å². The van der Waals surface area contributed by atoms with E-state index in [0.717, 1.165) is 0 Å². The Hall–Kier alpha value is -1.31. The summed E-state index contributed by atoms with van der Waals surface area (Å²) in [6.07, 6.45) is 0.420. The number of carbonyl (C=O) groups excluding carboxylic acids is 1. The van der Waals surface area contributed by atoms with Gasteiger partial charge in [0.2, 0.25) is 5.91 Å². The predicted octanol–water partition coefficient (Wildman–Crippen LogP) is 2.22. The van der Waals surface area contributed by atoms with Crippen LogP contribution in [0.2, 0.25) is 0 Å². The highest BCUT2D eigenvalue weighted by Gasteiger charge is 2.07. The fraction of sp³-hybridized carbons (Fsp3) is 0.364. The van der Waals surface area contributed by atoms with Crippen LogP contribution in [-0.2, 0) is 4.79 Å². The SMILES string of the molecule is Cc1ccc(C(C)CC(N)=O)cc1.[HH]. The van der Waals surface area contributed by atoms with Gasteiger partial charge in [0.15, 0.2) is 0 Å². The molecule has 1 rings (SSSR count). The summed E-state index contributed by atoms with van der Waals surface area (Å²) >= 11 is 0. The molecule has 2 N–H and O–H groups in total.